The number of hydrogen-bond acceptors (Lipinski definition) is 1. The van der Waals surface area contributed by atoms with Gasteiger partial charge in [0.15, 0.2) is 0 Å². The topological polar surface area (TPSA) is 17.1 Å². The van der Waals surface area contributed by atoms with Gasteiger partial charge in [0.2, 0.25) is 0 Å². The van der Waals surface area contributed by atoms with E-state index in [9.17, 15) is 4.79 Å². The van der Waals surface area contributed by atoms with Crippen molar-refractivity contribution in [3.63, 3.8) is 0 Å². The molecule has 1 aromatic rings. The minimum absolute atomic E-state index is 0.0292. The maximum atomic E-state index is 11.0. The van der Waals surface area contributed by atoms with E-state index >= 15 is 0 Å². The van der Waals surface area contributed by atoms with Gasteiger partial charge >= 0.3 is 0 Å². The molecular formula is C14H19ClO. The van der Waals surface area contributed by atoms with Crippen LogP contribution in [0, 0.1) is 0 Å². The van der Waals surface area contributed by atoms with E-state index in [1.54, 1.807) is 0 Å². The third-order valence-electron chi connectivity index (χ3n) is 2.68. The molecule has 1 unspecified atom stereocenters. The number of carbonyl (C=O) groups is 1. The van der Waals surface area contributed by atoms with Crippen molar-refractivity contribution in [1.29, 1.82) is 0 Å². The Hall–Kier alpha value is -0.820. The molecule has 0 aliphatic carbocycles. The highest BCUT2D eigenvalue weighted by molar-refractivity contribution is 6.30. The van der Waals surface area contributed by atoms with E-state index in [1.807, 2.05) is 0 Å². The molecule has 0 spiro atoms. The smallest absolute Gasteiger partial charge is 0.147 e. The van der Waals surface area contributed by atoms with Gasteiger partial charge < -0.3 is 0 Å². The summed E-state index contributed by atoms with van der Waals surface area (Å²) in [5.74, 6) is 0.0292. The second kappa shape index (κ2) is 5.01. The number of alkyl halides is 1. The Morgan fingerprint density at radius 3 is 2.12 bits per heavy atom. The number of Topliss-reactive ketones (excluding diaryl/α,β-unsaturated/α-hetero) is 1. The van der Waals surface area contributed by atoms with Gasteiger partial charge in [0.1, 0.15) is 5.78 Å². The van der Waals surface area contributed by atoms with Crippen molar-refractivity contribution in [2.75, 3.05) is 0 Å². The van der Waals surface area contributed by atoms with Crippen LogP contribution < -0.4 is 0 Å². The van der Waals surface area contributed by atoms with Gasteiger partial charge in [-0.25, -0.2) is 0 Å². The van der Waals surface area contributed by atoms with E-state index in [2.05, 4.69) is 45.0 Å². The zero-order valence-corrected chi connectivity index (χ0v) is 11.1. The van der Waals surface area contributed by atoms with E-state index in [1.165, 1.54) is 12.5 Å². The second-order valence-electron chi connectivity index (χ2n) is 5.23. The number of carbonyl (C=O) groups excluding carboxylic acids is 1. The molecule has 0 amide bonds. The lowest BCUT2D eigenvalue weighted by Crippen LogP contribution is -2.14. The SMILES string of the molecule is CC(=O)C(Cl)Cc1ccc(C(C)(C)C)cc1. The van der Waals surface area contributed by atoms with Gasteiger partial charge in [-0.1, -0.05) is 45.0 Å². The molecule has 16 heavy (non-hydrogen) atoms. The predicted molar refractivity (Wildman–Crippen MR) is 69.2 cm³/mol. The molecule has 0 saturated heterocycles. The zero-order chi connectivity index (χ0) is 12.3. The van der Waals surface area contributed by atoms with Gasteiger partial charge in [-0.15, -0.1) is 11.6 Å². The lowest BCUT2D eigenvalue weighted by atomic mass is 9.86. The molecule has 0 saturated carbocycles. The molecule has 1 nitrogen and oxygen atoms in total. The normalized spacial score (nSPS) is 13.6. The molecule has 0 N–H and O–H groups in total. The molecule has 0 radical (unpaired) electrons. The van der Waals surface area contributed by atoms with E-state index in [-0.39, 0.29) is 11.2 Å². The Labute approximate surface area is 103 Å². The Bertz CT molecular complexity index is 359. The van der Waals surface area contributed by atoms with Crippen LogP contribution in [-0.2, 0) is 16.6 Å². The quantitative estimate of drug-likeness (QED) is 0.734. The highest BCUT2D eigenvalue weighted by Gasteiger charge is 2.14. The molecule has 1 atom stereocenters. The molecule has 1 rings (SSSR count). The largest absolute Gasteiger partial charge is 0.298 e. The Morgan fingerprint density at radius 2 is 1.75 bits per heavy atom. The highest BCUT2D eigenvalue weighted by atomic mass is 35.5. The number of benzene rings is 1. The summed E-state index contributed by atoms with van der Waals surface area (Å²) in [5, 5.41) is -0.402. The van der Waals surface area contributed by atoms with Crippen LogP contribution in [0.4, 0.5) is 0 Å². The van der Waals surface area contributed by atoms with Crippen LogP contribution in [0.2, 0.25) is 0 Å². The van der Waals surface area contributed by atoms with Crippen molar-refractivity contribution in [3.05, 3.63) is 35.4 Å². The molecule has 88 valence electrons. The highest BCUT2D eigenvalue weighted by Crippen LogP contribution is 2.22. The lowest BCUT2D eigenvalue weighted by molar-refractivity contribution is -0.116. The molecule has 1 aromatic carbocycles. The van der Waals surface area contributed by atoms with Gasteiger partial charge in [-0.2, -0.15) is 0 Å². The van der Waals surface area contributed by atoms with E-state index < -0.39 is 5.38 Å². The molecule has 2 heteroatoms. The third kappa shape index (κ3) is 3.64. The lowest BCUT2D eigenvalue weighted by Gasteiger charge is -2.19. The molecule has 0 heterocycles. The van der Waals surface area contributed by atoms with Crippen LogP contribution in [0.25, 0.3) is 0 Å². The van der Waals surface area contributed by atoms with Gasteiger partial charge in [-0.3, -0.25) is 4.79 Å². The summed E-state index contributed by atoms with van der Waals surface area (Å²) in [6.07, 6.45) is 0.612. The first-order chi connectivity index (χ1) is 7.30. The third-order valence-corrected chi connectivity index (χ3v) is 3.14. The van der Waals surface area contributed by atoms with E-state index in [0.717, 1.165) is 5.56 Å². The molecule has 0 fully saturated rings. The molecule has 0 bridgehead atoms. The number of rotatable bonds is 3. The second-order valence-corrected chi connectivity index (χ2v) is 5.76. The summed E-state index contributed by atoms with van der Waals surface area (Å²) in [5.41, 5.74) is 2.58. The van der Waals surface area contributed by atoms with Crippen LogP contribution >= 0.6 is 11.6 Å². The summed E-state index contributed by atoms with van der Waals surface area (Å²) < 4.78 is 0. The minimum Gasteiger partial charge on any atom is -0.298 e. The van der Waals surface area contributed by atoms with Crippen LogP contribution in [0.15, 0.2) is 24.3 Å². The van der Waals surface area contributed by atoms with Crippen LogP contribution in [0.1, 0.15) is 38.8 Å². The predicted octanol–water partition coefficient (Wildman–Crippen LogP) is 3.72. The molecular weight excluding hydrogens is 220 g/mol. The first kappa shape index (κ1) is 13.2. The number of hydrogen-bond donors (Lipinski definition) is 0. The van der Waals surface area contributed by atoms with Crippen molar-refractivity contribution in [2.24, 2.45) is 0 Å². The minimum atomic E-state index is -0.402. The maximum Gasteiger partial charge on any atom is 0.147 e. The first-order valence-electron chi connectivity index (χ1n) is 5.54. The fourth-order valence-electron chi connectivity index (χ4n) is 1.49. The van der Waals surface area contributed by atoms with Gasteiger partial charge in [0, 0.05) is 0 Å². The standard InChI is InChI=1S/C14H19ClO/c1-10(16)13(15)9-11-5-7-12(8-6-11)14(2,3)4/h5-8,13H,9H2,1-4H3. The van der Waals surface area contributed by atoms with Crippen LogP contribution in [0.5, 0.6) is 0 Å². The molecule has 0 aliphatic rings. The summed E-state index contributed by atoms with van der Waals surface area (Å²) >= 11 is 5.93. The van der Waals surface area contributed by atoms with Crippen LogP contribution in [0.3, 0.4) is 0 Å². The van der Waals surface area contributed by atoms with E-state index in [0.29, 0.717) is 6.42 Å². The van der Waals surface area contributed by atoms with Crippen molar-refractivity contribution >= 4 is 17.4 Å². The molecule has 0 aliphatic heterocycles. The van der Waals surface area contributed by atoms with Gasteiger partial charge in [0.05, 0.1) is 5.38 Å². The average molecular weight is 239 g/mol. The Morgan fingerprint density at radius 1 is 1.25 bits per heavy atom. The molecule has 0 aromatic heterocycles. The maximum absolute atomic E-state index is 11.0. The zero-order valence-electron chi connectivity index (χ0n) is 10.4. The van der Waals surface area contributed by atoms with Crippen LogP contribution in [-0.4, -0.2) is 11.2 Å². The fraction of sp³-hybridized carbons (Fsp3) is 0.500. The first-order valence-corrected chi connectivity index (χ1v) is 5.98. The van der Waals surface area contributed by atoms with Gasteiger partial charge in [-0.05, 0) is 29.9 Å². The van der Waals surface area contributed by atoms with Crippen molar-refractivity contribution in [2.45, 2.75) is 44.9 Å². The fourth-order valence-corrected chi connectivity index (χ4v) is 1.67. The number of halogens is 1. The van der Waals surface area contributed by atoms with Crippen molar-refractivity contribution in [3.8, 4) is 0 Å². The average Bonchev–Trinajstić information content (AvgIpc) is 2.17. The Kier molecular flexibility index (Phi) is 4.15. The Balaban J connectivity index is 2.76. The monoisotopic (exact) mass is 238 g/mol. The van der Waals surface area contributed by atoms with Gasteiger partial charge in [0.25, 0.3) is 0 Å². The summed E-state index contributed by atoms with van der Waals surface area (Å²) in [6.45, 7) is 8.08. The van der Waals surface area contributed by atoms with Crippen molar-refractivity contribution < 1.29 is 4.79 Å². The van der Waals surface area contributed by atoms with E-state index in [4.69, 9.17) is 11.6 Å². The summed E-state index contributed by atoms with van der Waals surface area (Å²) in [4.78, 5) is 11.0. The summed E-state index contributed by atoms with van der Waals surface area (Å²) in [7, 11) is 0. The summed E-state index contributed by atoms with van der Waals surface area (Å²) in [6, 6.07) is 8.33. The van der Waals surface area contributed by atoms with Crippen molar-refractivity contribution in [1.82, 2.24) is 0 Å². The number of ketones is 1.